The molecule has 3 aromatic heterocycles. The van der Waals surface area contributed by atoms with Gasteiger partial charge in [0.05, 0.1) is 77.1 Å². The monoisotopic (exact) mass is 1750 g/mol. The molecule has 124 heavy (non-hydrogen) atoms. The van der Waals surface area contributed by atoms with E-state index in [9.17, 15) is 111 Å². The molecular weight excluding hydrogens is 1680 g/mol. The number of ether oxygens (including phenoxy) is 4. The van der Waals surface area contributed by atoms with Crippen LogP contribution in [0, 0.1) is 24.4 Å². The molecule has 0 saturated carbocycles. The van der Waals surface area contributed by atoms with Gasteiger partial charge in [-0.05, 0) is 229 Å². The minimum atomic E-state index is -5.02. The molecule has 1 N–H and O–H groups in total. The van der Waals surface area contributed by atoms with Crippen LogP contribution in [-0.2, 0) is 65.7 Å². The van der Waals surface area contributed by atoms with E-state index in [0.29, 0.717) is 101 Å². The zero-order valence-electron chi connectivity index (χ0n) is 65.7. The lowest BCUT2D eigenvalue weighted by molar-refractivity contribution is -0.145. The number of aromatic amines is 1. The summed E-state index contributed by atoms with van der Waals surface area (Å²) in [7, 11) is 1.47. The van der Waals surface area contributed by atoms with Gasteiger partial charge in [-0.25, -0.2) is 18.2 Å². The maximum Gasteiger partial charge on any atom is 0.416 e. The number of hydrogen-bond donors (Lipinski definition) is 1. The summed E-state index contributed by atoms with van der Waals surface area (Å²) in [4.78, 5) is 66.8. The molecule has 3 fully saturated rings. The first kappa shape index (κ1) is 90.1. The highest BCUT2D eigenvalue weighted by molar-refractivity contribution is 5.99. The molecule has 3 amide bonds. The Bertz CT molecular complexity index is 5480. The molecule has 654 valence electrons. The Morgan fingerprint density at radius 2 is 0.685 bits per heavy atom. The Labute approximate surface area is 693 Å². The van der Waals surface area contributed by atoms with Crippen molar-refractivity contribution in [1.82, 2.24) is 29.7 Å². The summed E-state index contributed by atoms with van der Waals surface area (Å²) >= 11 is 0. The first-order valence-electron chi connectivity index (χ1n) is 38.4. The average Bonchev–Trinajstić information content (AvgIpc) is 1.61. The lowest BCUT2D eigenvalue weighted by Crippen LogP contribution is -2.39. The highest BCUT2D eigenvalue weighted by Gasteiger charge is 2.52. The second kappa shape index (κ2) is 35.2. The van der Waals surface area contributed by atoms with Crippen molar-refractivity contribution in [1.29, 1.82) is 0 Å². The van der Waals surface area contributed by atoms with Gasteiger partial charge in [-0.2, -0.15) is 79.0 Å². The van der Waals surface area contributed by atoms with Gasteiger partial charge >= 0.3 is 37.1 Å². The van der Waals surface area contributed by atoms with Crippen LogP contribution in [-0.4, -0.2) is 111 Å². The smallest absolute Gasteiger partial charge is 0.416 e. The SMILES string of the molecule is COc1ccc(C2=CC(=O)N3CC(O[C@H](C)c4cc(C(F)(F)F)cc(C(F)(F)F)c4)[C@@H](c4ccc(F)cc4)C3C2)cn1.C[C@@H](OC1CN2C(=O)C=C(c3ccc(=O)[nH]c3)CC2[C@@H]1c1ccc(F)cc1)c1cc(C(F)(F)F)cc(C(F)(F)F)c1.Cc1cc(C2=CC(=O)N3CC(O[C@H](C)c4cc(C(F)(F)F)cc(C(F)(F)F)c4)[C@@H](c4ccc(F)cc4)C3C2)ccn1. The molecule has 0 bridgehead atoms. The van der Waals surface area contributed by atoms with Crippen LogP contribution >= 0.6 is 0 Å². The summed E-state index contributed by atoms with van der Waals surface area (Å²) in [5.74, 6) is -3.75. The van der Waals surface area contributed by atoms with Gasteiger partial charge in [0.15, 0.2) is 0 Å². The highest BCUT2D eigenvalue weighted by Crippen LogP contribution is 2.51. The number of amides is 3. The topological polar surface area (TPSA) is 156 Å². The number of rotatable bonds is 16. The van der Waals surface area contributed by atoms with Crippen molar-refractivity contribution in [2.75, 3.05) is 26.7 Å². The zero-order chi connectivity index (χ0) is 89.8. The van der Waals surface area contributed by atoms with Crippen molar-refractivity contribution in [3.8, 4) is 5.88 Å². The predicted octanol–water partition coefficient (Wildman–Crippen LogP) is 21.2. The Balaban J connectivity index is 0.000000160. The number of pyridine rings is 3. The number of benzene rings is 6. The number of methoxy groups -OCH3 is 1. The molecule has 0 aliphatic carbocycles. The molecule has 14 nitrogen and oxygen atoms in total. The third-order valence-electron chi connectivity index (χ3n) is 22.7. The molecule has 12 atom stereocenters. The first-order valence-corrected chi connectivity index (χ1v) is 38.4. The molecule has 6 aromatic carbocycles. The van der Waals surface area contributed by atoms with Crippen molar-refractivity contribution in [2.45, 2.75) is 157 Å². The van der Waals surface area contributed by atoms with Crippen molar-refractivity contribution in [2.24, 2.45) is 0 Å². The van der Waals surface area contributed by atoms with Gasteiger partial charge in [-0.3, -0.25) is 24.2 Å². The molecule has 0 radical (unpaired) electrons. The quantitative estimate of drug-likeness (QED) is 0.0924. The minimum Gasteiger partial charge on any atom is -0.481 e. The normalized spacial score (nSPS) is 21.9. The number of carbonyl (C=O) groups is 3. The van der Waals surface area contributed by atoms with E-state index in [1.807, 2.05) is 13.0 Å². The number of nitrogens with zero attached hydrogens (tertiary/aromatic N) is 5. The lowest BCUT2D eigenvalue weighted by Gasteiger charge is -2.33. The molecule has 9 aromatic rings. The van der Waals surface area contributed by atoms with Crippen LogP contribution in [0.1, 0.15) is 165 Å². The predicted molar refractivity (Wildman–Crippen MR) is 408 cm³/mol. The largest absolute Gasteiger partial charge is 0.481 e. The van der Waals surface area contributed by atoms with Crippen molar-refractivity contribution in [3.05, 3.63) is 318 Å². The summed E-state index contributed by atoms with van der Waals surface area (Å²) < 4.78 is 307. The second-order valence-electron chi connectivity index (χ2n) is 30.7. The number of hydrogen-bond acceptors (Lipinski definition) is 10. The fourth-order valence-electron chi connectivity index (χ4n) is 16.7. The number of fused-ring (bicyclic) bond motifs is 3. The standard InChI is InChI=1S/C30H25F7N2O3.C30H25F7N2O2.C29H23F7N2O3/c1-16(19-9-21(29(32,33)34)13-22(10-19)30(35,36)37)42-25-15-39-24(28(25)17-3-6-23(31)7-4-17)11-20(12-27(39)40)18-5-8-26(41-2)38-14-18;1-16-9-19(7-8-38-16)21-12-25-28(18-3-5-24(31)6-4-18)26(15-39(25)27(40)13-21)41-17(2)20-10-22(29(32,33)34)14-23(11-20)30(35,36)37;1-15(18-8-20(28(31,32)33)12-21(9-18)29(34,35)36)41-24-14-38-23(27(24)16-2-5-22(30)6-3-16)10-19(11-26(38)40)17-4-7-25(39)37-13-17/h3-10,12-14,16,24-25,28H,11,15H2,1-2H3;3-11,13-14,17,25-26,28H,12,15H2,1-2H3;2-9,11-13,15,23-24,27H,10,14H2,1H3,(H,37,39)/t16-,24?,25?,28+;17-,25?,26?,28+;15-,23?,24?,27+/m111/s1. The van der Waals surface area contributed by atoms with E-state index in [1.165, 1.54) is 124 Å². The van der Waals surface area contributed by atoms with E-state index in [2.05, 4.69) is 15.0 Å². The van der Waals surface area contributed by atoms with Gasteiger partial charge in [0.25, 0.3) is 0 Å². The molecule has 3 saturated heterocycles. The second-order valence-corrected chi connectivity index (χ2v) is 30.7. The number of carbonyl (C=O) groups excluding carboxylic acids is 3. The van der Waals surface area contributed by atoms with Gasteiger partial charge in [-0.1, -0.05) is 36.4 Å². The number of nitrogens with one attached hydrogen (secondary N) is 1. The van der Waals surface area contributed by atoms with Crippen molar-refractivity contribution >= 4 is 34.4 Å². The van der Waals surface area contributed by atoms with Gasteiger partial charge in [0.1, 0.15) is 17.5 Å². The maximum atomic E-state index is 13.8. The number of H-pyrrole nitrogens is 1. The highest BCUT2D eigenvalue weighted by atomic mass is 19.4. The van der Waals surface area contributed by atoms with Crippen LogP contribution in [0.3, 0.4) is 0 Å². The Hall–Kier alpha value is -11.6. The molecule has 15 rings (SSSR count). The average molecular weight is 1750 g/mol. The fraction of sp³-hybridized carbons (Fsp3) is 0.326. The molecule has 6 aliphatic rings. The molecule has 0 spiro atoms. The third-order valence-corrected chi connectivity index (χ3v) is 22.7. The van der Waals surface area contributed by atoms with Crippen molar-refractivity contribution in [3.63, 3.8) is 0 Å². The van der Waals surface area contributed by atoms with E-state index >= 15 is 0 Å². The number of aromatic nitrogens is 3. The number of aryl methyl sites for hydroxylation is 1. The van der Waals surface area contributed by atoms with Gasteiger partial charge < -0.3 is 38.6 Å². The molecule has 6 unspecified atom stereocenters. The van der Waals surface area contributed by atoms with Gasteiger partial charge in [0.2, 0.25) is 29.2 Å². The lowest BCUT2D eigenvalue weighted by atomic mass is 9.83. The molecule has 6 aliphatic heterocycles. The Morgan fingerprint density at radius 3 is 0.960 bits per heavy atom. The van der Waals surface area contributed by atoms with Crippen LogP contribution in [0.25, 0.3) is 16.7 Å². The fourth-order valence-corrected chi connectivity index (χ4v) is 16.7. The van der Waals surface area contributed by atoms with Crippen molar-refractivity contribution < 1.29 is 126 Å². The van der Waals surface area contributed by atoms with Crippen LogP contribution in [0.4, 0.5) is 92.2 Å². The Morgan fingerprint density at radius 1 is 0.379 bits per heavy atom. The van der Waals surface area contributed by atoms with Crippen LogP contribution in [0.15, 0.2) is 205 Å². The van der Waals surface area contributed by atoms with E-state index in [1.54, 1.807) is 58.6 Å². The van der Waals surface area contributed by atoms with Gasteiger partial charge in [0, 0.05) is 110 Å². The summed E-state index contributed by atoms with van der Waals surface area (Å²) in [5.41, 5.74) is -3.17. The van der Waals surface area contributed by atoms with Crippen LogP contribution < -0.4 is 10.3 Å². The molecule has 35 heteroatoms. The first-order chi connectivity index (χ1) is 58.1. The van der Waals surface area contributed by atoms with Crippen LogP contribution in [0.5, 0.6) is 5.88 Å². The van der Waals surface area contributed by atoms with E-state index in [4.69, 9.17) is 18.9 Å². The molecule has 9 heterocycles. The summed E-state index contributed by atoms with van der Waals surface area (Å²) in [6.07, 6.45) is -25.9. The Kier molecular flexibility index (Phi) is 25.6. The maximum absolute atomic E-state index is 13.8. The molecular formula is C89H73F21N6O8. The zero-order valence-corrected chi connectivity index (χ0v) is 65.7. The van der Waals surface area contributed by atoms with Crippen LogP contribution in [0.2, 0.25) is 0 Å². The third kappa shape index (κ3) is 20.4. The minimum absolute atomic E-state index is 0.0103. The van der Waals surface area contributed by atoms with E-state index in [0.717, 1.165) is 16.8 Å². The van der Waals surface area contributed by atoms with E-state index in [-0.39, 0.29) is 77.8 Å². The van der Waals surface area contributed by atoms with E-state index < -0.39 is 160 Å². The number of alkyl halides is 18. The summed E-state index contributed by atoms with van der Waals surface area (Å²) in [5, 5.41) is 0. The number of halogens is 21. The summed E-state index contributed by atoms with van der Waals surface area (Å²) in [6.45, 7) is 6.01. The van der Waals surface area contributed by atoms with Gasteiger partial charge in [-0.15, -0.1) is 0 Å². The summed E-state index contributed by atoms with van der Waals surface area (Å²) in [6, 6.07) is 29.1.